The quantitative estimate of drug-likeness (QED) is 0.813. The lowest BCUT2D eigenvalue weighted by molar-refractivity contribution is 0.0663. The summed E-state index contributed by atoms with van der Waals surface area (Å²) in [6.45, 7) is 2.92. The molecule has 6 heteroatoms. The fourth-order valence-corrected chi connectivity index (χ4v) is 1.79. The van der Waals surface area contributed by atoms with Crippen molar-refractivity contribution in [3.63, 3.8) is 0 Å². The minimum absolute atomic E-state index is 0.253. The van der Waals surface area contributed by atoms with Crippen LogP contribution < -0.4 is 5.32 Å². The van der Waals surface area contributed by atoms with Gasteiger partial charge >= 0.3 is 6.55 Å². The first-order valence-corrected chi connectivity index (χ1v) is 6.09. The van der Waals surface area contributed by atoms with E-state index in [0.717, 1.165) is 11.1 Å². The lowest BCUT2D eigenvalue weighted by Gasteiger charge is -2.25. The Bertz CT molecular complexity index is 350. The summed E-state index contributed by atoms with van der Waals surface area (Å²) in [7, 11) is 3.99. The zero-order valence-electron chi connectivity index (χ0n) is 11.4. The fraction of sp³-hybridized carbons (Fsp3) is 0.750. The van der Waals surface area contributed by atoms with E-state index in [1.807, 2.05) is 14.1 Å². The molecule has 0 amide bonds. The molecular formula is C12H22F2N4. The number of nitrogens with zero attached hydrogens (tertiary/aromatic N) is 3. The molecule has 1 heterocycles. The summed E-state index contributed by atoms with van der Waals surface area (Å²) in [4.78, 5) is 6.04. The molecule has 0 radical (unpaired) electrons. The maximum Gasteiger partial charge on any atom is 0.319 e. The number of aromatic nitrogens is 2. The molecule has 0 spiro atoms. The van der Waals surface area contributed by atoms with Crippen molar-refractivity contribution in [1.29, 1.82) is 0 Å². The van der Waals surface area contributed by atoms with E-state index in [1.165, 1.54) is 12.4 Å². The molecule has 0 aliphatic heterocycles. The average molecular weight is 260 g/mol. The zero-order valence-corrected chi connectivity index (χ0v) is 11.4. The number of alkyl halides is 2. The van der Waals surface area contributed by atoms with Crippen LogP contribution in [0.1, 0.15) is 26.2 Å². The Morgan fingerprint density at radius 1 is 1.39 bits per heavy atom. The summed E-state index contributed by atoms with van der Waals surface area (Å²) in [6, 6.07) is 0.253. The highest BCUT2D eigenvalue weighted by Gasteiger charge is 2.16. The van der Waals surface area contributed by atoms with E-state index in [1.54, 1.807) is 0 Å². The second-order valence-electron chi connectivity index (χ2n) is 5.02. The monoisotopic (exact) mass is 260 g/mol. The Balaban J connectivity index is 2.58. The van der Waals surface area contributed by atoms with Gasteiger partial charge in [-0.15, -0.1) is 0 Å². The highest BCUT2D eigenvalue weighted by atomic mass is 19.3. The summed E-state index contributed by atoms with van der Waals surface area (Å²) in [6.07, 6.45) is 2.71. The summed E-state index contributed by atoms with van der Waals surface area (Å²) in [5.74, 6) is 0.803. The van der Waals surface area contributed by atoms with Crippen LogP contribution in [0.15, 0.2) is 12.4 Å². The van der Waals surface area contributed by atoms with Crippen molar-refractivity contribution in [2.24, 2.45) is 5.92 Å². The predicted octanol–water partition coefficient (Wildman–Crippen LogP) is 1.95. The number of likely N-dealkylation sites (N-methyl/N-ethyl adjacent to an activating group) is 1. The molecule has 0 aliphatic rings. The third kappa shape index (κ3) is 4.34. The number of rotatable bonds is 7. The molecule has 1 N–H and O–H groups in total. The van der Waals surface area contributed by atoms with Crippen LogP contribution in [0.25, 0.3) is 0 Å². The number of halogens is 2. The summed E-state index contributed by atoms with van der Waals surface area (Å²) >= 11 is 0. The summed E-state index contributed by atoms with van der Waals surface area (Å²) < 4.78 is 26.2. The molecule has 0 aromatic carbocycles. The van der Waals surface area contributed by atoms with Crippen LogP contribution in [0.3, 0.4) is 0 Å². The van der Waals surface area contributed by atoms with Gasteiger partial charge in [-0.2, -0.15) is 8.78 Å². The van der Waals surface area contributed by atoms with Crippen LogP contribution in [0.5, 0.6) is 0 Å². The number of nitrogens with one attached hydrogen (secondary N) is 1. The Labute approximate surface area is 107 Å². The van der Waals surface area contributed by atoms with Gasteiger partial charge in [-0.25, -0.2) is 4.98 Å². The van der Waals surface area contributed by atoms with E-state index in [-0.39, 0.29) is 6.04 Å². The van der Waals surface area contributed by atoms with Crippen molar-refractivity contribution >= 4 is 0 Å². The van der Waals surface area contributed by atoms with Gasteiger partial charge in [0.25, 0.3) is 0 Å². The molecule has 1 atom stereocenters. The smallest absolute Gasteiger partial charge is 0.308 e. The van der Waals surface area contributed by atoms with E-state index in [4.69, 9.17) is 0 Å². The minimum Gasteiger partial charge on any atom is -0.308 e. The first kappa shape index (κ1) is 15.0. The number of hydrogen-bond acceptors (Lipinski definition) is 3. The van der Waals surface area contributed by atoms with Crippen LogP contribution >= 0.6 is 0 Å². The molecule has 1 aromatic heterocycles. The SMILES string of the molecule is CC(C)C(CN(C)C)NCc1nccn1C(F)F. The average Bonchev–Trinajstić information content (AvgIpc) is 2.71. The second kappa shape index (κ2) is 6.80. The van der Waals surface area contributed by atoms with Gasteiger partial charge in [-0.3, -0.25) is 4.57 Å². The second-order valence-corrected chi connectivity index (χ2v) is 5.02. The van der Waals surface area contributed by atoms with E-state index >= 15 is 0 Å². The molecule has 18 heavy (non-hydrogen) atoms. The first-order valence-electron chi connectivity index (χ1n) is 6.09. The zero-order chi connectivity index (χ0) is 13.7. The largest absolute Gasteiger partial charge is 0.319 e. The topological polar surface area (TPSA) is 33.1 Å². The maximum absolute atomic E-state index is 12.6. The minimum atomic E-state index is -2.53. The third-order valence-corrected chi connectivity index (χ3v) is 2.85. The van der Waals surface area contributed by atoms with Crippen molar-refractivity contribution in [1.82, 2.24) is 19.8 Å². The van der Waals surface area contributed by atoms with Gasteiger partial charge in [-0.1, -0.05) is 13.8 Å². The van der Waals surface area contributed by atoms with Crippen molar-refractivity contribution in [3.05, 3.63) is 18.2 Å². The van der Waals surface area contributed by atoms with Crippen LogP contribution in [-0.2, 0) is 6.54 Å². The van der Waals surface area contributed by atoms with Crippen LogP contribution in [0.2, 0.25) is 0 Å². The molecule has 1 rings (SSSR count). The van der Waals surface area contributed by atoms with Crippen LogP contribution in [0, 0.1) is 5.92 Å². The van der Waals surface area contributed by atoms with Gasteiger partial charge in [0.1, 0.15) is 5.82 Å². The lowest BCUT2D eigenvalue weighted by atomic mass is 10.0. The third-order valence-electron chi connectivity index (χ3n) is 2.85. The van der Waals surface area contributed by atoms with E-state index in [0.29, 0.717) is 18.3 Å². The molecule has 0 saturated heterocycles. The standard InChI is InChI=1S/C12H22F2N4/c1-9(2)10(8-17(3)4)16-7-11-15-5-6-18(11)12(13)14/h5-6,9-10,12,16H,7-8H2,1-4H3. The molecule has 104 valence electrons. The highest BCUT2D eigenvalue weighted by Crippen LogP contribution is 2.12. The highest BCUT2D eigenvalue weighted by molar-refractivity contribution is 4.93. The fourth-order valence-electron chi connectivity index (χ4n) is 1.79. The number of imidazole rings is 1. The normalized spacial score (nSPS) is 13.8. The molecule has 1 unspecified atom stereocenters. The van der Waals surface area contributed by atoms with Crippen LogP contribution in [-0.4, -0.2) is 41.1 Å². The Morgan fingerprint density at radius 3 is 2.56 bits per heavy atom. The Kier molecular flexibility index (Phi) is 5.68. The van der Waals surface area contributed by atoms with Gasteiger partial charge in [0.2, 0.25) is 0 Å². The van der Waals surface area contributed by atoms with Gasteiger partial charge in [-0.05, 0) is 20.0 Å². The van der Waals surface area contributed by atoms with Crippen LogP contribution in [0.4, 0.5) is 8.78 Å². The van der Waals surface area contributed by atoms with Crippen molar-refractivity contribution in [2.45, 2.75) is 33.0 Å². The molecule has 4 nitrogen and oxygen atoms in total. The van der Waals surface area contributed by atoms with Gasteiger partial charge in [0, 0.05) is 25.0 Å². The van der Waals surface area contributed by atoms with Crippen molar-refractivity contribution in [2.75, 3.05) is 20.6 Å². The first-order chi connectivity index (χ1) is 8.41. The van der Waals surface area contributed by atoms with Crippen molar-refractivity contribution < 1.29 is 8.78 Å². The van der Waals surface area contributed by atoms with Gasteiger partial charge in [0.05, 0.1) is 6.54 Å². The predicted molar refractivity (Wildman–Crippen MR) is 67.5 cm³/mol. The molecule has 0 saturated carbocycles. The van der Waals surface area contributed by atoms with Gasteiger partial charge < -0.3 is 10.2 Å². The van der Waals surface area contributed by atoms with E-state index in [2.05, 4.69) is 29.0 Å². The molecular weight excluding hydrogens is 238 g/mol. The van der Waals surface area contributed by atoms with Crippen molar-refractivity contribution in [3.8, 4) is 0 Å². The number of hydrogen-bond donors (Lipinski definition) is 1. The maximum atomic E-state index is 12.6. The summed E-state index contributed by atoms with van der Waals surface area (Å²) in [5, 5.41) is 3.29. The molecule has 0 aliphatic carbocycles. The molecule has 1 aromatic rings. The molecule has 0 bridgehead atoms. The lowest BCUT2D eigenvalue weighted by Crippen LogP contribution is -2.42. The Hall–Kier alpha value is -1.01. The van der Waals surface area contributed by atoms with Gasteiger partial charge in [0.15, 0.2) is 0 Å². The van der Waals surface area contributed by atoms with E-state index < -0.39 is 6.55 Å². The van der Waals surface area contributed by atoms with E-state index in [9.17, 15) is 8.78 Å². The Morgan fingerprint density at radius 2 is 2.06 bits per heavy atom. The summed E-state index contributed by atoms with van der Waals surface area (Å²) in [5.41, 5.74) is 0. The molecule has 0 fully saturated rings.